The van der Waals surface area contributed by atoms with Gasteiger partial charge in [0.15, 0.2) is 0 Å². The second-order valence-corrected chi connectivity index (χ2v) is 8.20. The Bertz CT molecular complexity index is 899. The van der Waals surface area contributed by atoms with Gasteiger partial charge in [0, 0.05) is 44.5 Å². The number of piperidine rings is 1. The van der Waals surface area contributed by atoms with Crippen LogP contribution in [0.4, 0.5) is 0 Å². The number of hydrogen-bond donors (Lipinski definition) is 1. The summed E-state index contributed by atoms with van der Waals surface area (Å²) in [4.78, 5) is 0. The maximum absolute atomic E-state index is 4.73. The van der Waals surface area contributed by atoms with Crippen molar-refractivity contribution in [3.05, 3.63) is 53.9 Å². The van der Waals surface area contributed by atoms with Crippen molar-refractivity contribution < 1.29 is 0 Å². The van der Waals surface area contributed by atoms with Crippen LogP contribution in [-0.4, -0.2) is 42.4 Å². The second-order valence-electron chi connectivity index (χ2n) is 8.20. The fourth-order valence-corrected chi connectivity index (χ4v) is 4.55. The van der Waals surface area contributed by atoms with Gasteiger partial charge < -0.3 is 5.32 Å². The highest BCUT2D eigenvalue weighted by molar-refractivity contribution is 5.27. The summed E-state index contributed by atoms with van der Waals surface area (Å²) in [5.41, 5.74) is 3.66. The Kier molecular flexibility index (Phi) is 5.35. The molecule has 3 aromatic heterocycles. The van der Waals surface area contributed by atoms with Crippen molar-refractivity contribution in [1.29, 1.82) is 0 Å². The maximum atomic E-state index is 4.73. The van der Waals surface area contributed by atoms with Crippen LogP contribution in [0.2, 0.25) is 0 Å². The van der Waals surface area contributed by atoms with Crippen molar-refractivity contribution in [3.8, 4) is 0 Å². The van der Waals surface area contributed by atoms with Gasteiger partial charge in [0.2, 0.25) is 0 Å². The standard InChI is InChI=1S/C21H31N7/c1-15(17-11-24-28(14-17)19-5-8-22-9-6-19)21(18-12-23-27(4)13-18)16(2)20-7-10-26(3)25-20/h7,10-16,19,21-22H,5-6,8-9H2,1-4H3. The van der Waals surface area contributed by atoms with Gasteiger partial charge in [0.1, 0.15) is 0 Å². The van der Waals surface area contributed by atoms with Crippen molar-refractivity contribution in [1.82, 2.24) is 34.7 Å². The SMILES string of the molecule is CC(c1cnn(C2CCNCC2)c1)C(c1cnn(C)c1)C(C)c1ccn(C)n1. The molecule has 1 aliphatic heterocycles. The van der Waals surface area contributed by atoms with E-state index in [0.29, 0.717) is 12.0 Å². The number of aryl methyl sites for hydroxylation is 2. The third-order valence-corrected chi connectivity index (χ3v) is 6.22. The lowest BCUT2D eigenvalue weighted by molar-refractivity contribution is 0.342. The van der Waals surface area contributed by atoms with Crippen LogP contribution in [-0.2, 0) is 14.1 Å². The molecule has 28 heavy (non-hydrogen) atoms. The first-order valence-electron chi connectivity index (χ1n) is 10.3. The molecule has 4 heterocycles. The molecule has 1 fully saturated rings. The zero-order valence-electron chi connectivity index (χ0n) is 17.3. The first-order chi connectivity index (χ1) is 13.5. The summed E-state index contributed by atoms with van der Waals surface area (Å²) in [5, 5.41) is 17.3. The van der Waals surface area contributed by atoms with Gasteiger partial charge >= 0.3 is 0 Å². The highest BCUT2D eigenvalue weighted by Crippen LogP contribution is 2.42. The number of hydrogen-bond acceptors (Lipinski definition) is 4. The fraction of sp³-hybridized carbons (Fsp3) is 0.571. The van der Waals surface area contributed by atoms with E-state index in [1.807, 2.05) is 35.9 Å². The van der Waals surface area contributed by atoms with Crippen LogP contribution in [0.3, 0.4) is 0 Å². The lowest BCUT2D eigenvalue weighted by Crippen LogP contribution is -2.29. The van der Waals surface area contributed by atoms with Crippen molar-refractivity contribution in [2.45, 2.75) is 50.5 Å². The third kappa shape index (κ3) is 3.76. The van der Waals surface area contributed by atoms with Gasteiger partial charge in [-0.1, -0.05) is 13.8 Å². The van der Waals surface area contributed by atoms with E-state index in [9.17, 15) is 0 Å². The largest absolute Gasteiger partial charge is 0.317 e. The smallest absolute Gasteiger partial charge is 0.0658 e. The molecule has 3 aromatic rings. The summed E-state index contributed by atoms with van der Waals surface area (Å²) >= 11 is 0. The van der Waals surface area contributed by atoms with Crippen LogP contribution in [0.25, 0.3) is 0 Å². The third-order valence-electron chi connectivity index (χ3n) is 6.22. The van der Waals surface area contributed by atoms with Gasteiger partial charge in [0.05, 0.1) is 24.1 Å². The quantitative estimate of drug-likeness (QED) is 0.713. The molecule has 7 nitrogen and oxygen atoms in total. The van der Waals surface area contributed by atoms with Crippen molar-refractivity contribution >= 4 is 0 Å². The molecule has 7 heteroatoms. The average Bonchev–Trinajstić information content (AvgIpc) is 3.44. The Balaban J connectivity index is 1.63. The molecule has 3 unspecified atom stereocenters. The number of nitrogens with one attached hydrogen (secondary N) is 1. The Hall–Kier alpha value is -2.41. The Morgan fingerprint density at radius 1 is 0.964 bits per heavy atom. The lowest BCUT2D eigenvalue weighted by Gasteiger charge is -2.28. The van der Waals surface area contributed by atoms with Crippen molar-refractivity contribution in [3.63, 3.8) is 0 Å². The van der Waals surface area contributed by atoms with Crippen LogP contribution in [0.1, 0.15) is 67.3 Å². The molecule has 0 bridgehead atoms. The Morgan fingerprint density at radius 3 is 2.36 bits per heavy atom. The van der Waals surface area contributed by atoms with E-state index >= 15 is 0 Å². The molecule has 0 aliphatic carbocycles. The Morgan fingerprint density at radius 2 is 1.71 bits per heavy atom. The van der Waals surface area contributed by atoms with Gasteiger partial charge in [-0.05, 0) is 49.0 Å². The van der Waals surface area contributed by atoms with E-state index in [0.717, 1.165) is 31.6 Å². The summed E-state index contributed by atoms with van der Waals surface area (Å²) < 4.78 is 5.95. The second kappa shape index (κ2) is 7.91. The summed E-state index contributed by atoms with van der Waals surface area (Å²) in [6.07, 6.45) is 12.8. The van der Waals surface area contributed by atoms with E-state index in [1.54, 1.807) is 0 Å². The molecule has 0 radical (unpaired) electrons. The fourth-order valence-electron chi connectivity index (χ4n) is 4.55. The molecule has 3 atom stereocenters. The summed E-state index contributed by atoms with van der Waals surface area (Å²) in [7, 11) is 3.95. The molecule has 1 aliphatic rings. The van der Waals surface area contributed by atoms with Crippen LogP contribution in [0.5, 0.6) is 0 Å². The van der Waals surface area contributed by atoms with Gasteiger partial charge in [-0.15, -0.1) is 0 Å². The molecule has 0 aromatic carbocycles. The van der Waals surface area contributed by atoms with Gasteiger partial charge in [-0.3, -0.25) is 14.0 Å². The van der Waals surface area contributed by atoms with E-state index in [1.165, 1.54) is 11.1 Å². The molecule has 1 saturated heterocycles. The average molecular weight is 382 g/mol. The number of nitrogens with zero attached hydrogens (tertiary/aromatic N) is 6. The minimum Gasteiger partial charge on any atom is -0.317 e. The van der Waals surface area contributed by atoms with Gasteiger partial charge in [-0.2, -0.15) is 15.3 Å². The monoisotopic (exact) mass is 381 g/mol. The topological polar surface area (TPSA) is 65.5 Å². The summed E-state index contributed by atoms with van der Waals surface area (Å²) in [5.74, 6) is 0.883. The van der Waals surface area contributed by atoms with Crippen LogP contribution < -0.4 is 5.32 Å². The minimum atomic E-state index is 0.280. The lowest BCUT2D eigenvalue weighted by atomic mass is 9.76. The maximum Gasteiger partial charge on any atom is 0.0658 e. The van der Waals surface area contributed by atoms with Crippen molar-refractivity contribution in [2.75, 3.05) is 13.1 Å². The predicted octanol–water partition coefficient (Wildman–Crippen LogP) is 2.97. The van der Waals surface area contributed by atoms with E-state index in [-0.39, 0.29) is 11.8 Å². The van der Waals surface area contributed by atoms with Gasteiger partial charge in [0.25, 0.3) is 0 Å². The molecule has 0 amide bonds. The zero-order chi connectivity index (χ0) is 19.7. The first kappa shape index (κ1) is 18.9. The summed E-state index contributed by atoms with van der Waals surface area (Å²) in [6, 6.07) is 2.63. The van der Waals surface area contributed by atoms with Crippen LogP contribution in [0, 0.1) is 0 Å². The van der Waals surface area contributed by atoms with Crippen molar-refractivity contribution in [2.24, 2.45) is 14.1 Å². The molecule has 150 valence electrons. The predicted molar refractivity (Wildman–Crippen MR) is 109 cm³/mol. The van der Waals surface area contributed by atoms with E-state index < -0.39 is 0 Å². The molecular formula is C21H31N7. The number of rotatable bonds is 6. The molecule has 0 spiro atoms. The summed E-state index contributed by atoms with van der Waals surface area (Å²) in [6.45, 7) is 6.73. The first-order valence-corrected chi connectivity index (χ1v) is 10.3. The molecule has 4 rings (SSSR count). The van der Waals surface area contributed by atoms with E-state index in [4.69, 9.17) is 5.10 Å². The highest BCUT2D eigenvalue weighted by Gasteiger charge is 2.31. The van der Waals surface area contributed by atoms with Gasteiger partial charge in [-0.25, -0.2) is 0 Å². The van der Waals surface area contributed by atoms with Crippen LogP contribution in [0.15, 0.2) is 37.1 Å². The molecular weight excluding hydrogens is 350 g/mol. The van der Waals surface area contributed by atoms with Crippen LogP contribution >= 0.6 is 0 Å². The molecule has 0 saturated carbocycles. The molecule has 1 N–H and O–H groups in total. The normalized spacial score (nSPS) is 18.9. The Labute approximate surface area is 166 Å². The minimum absolute atomic E-state index is 0.280. The van der Waals surface area contributed by atoms with E-state index in [2.05, 4.69) is 58.7 Å². The highest BCUT2D eigenvalue weighted by atomic mass is 15.3. The number of aromatic nitrogens is 6. The zero-order valence-corrected chi connectivity index (χ0v) is 17.3.